The molecule has 21 heavy (non-hydrogen) atoms. The van der Waals surface area contributed by atoms with Gasteiger partial charge in [-0.2, -0.15) is 10.1 Å². The van der Waals surface area contributed by atoms with Crippen molar-refractivity contribution in [1.29, 1.82) is 0 Å². The third kappa shape index (κ3) is 3.46. The summed E-state index contributed by atoms with van der Waals surface area (Å²) in [4.78, 5) is 16.4. The summed E-state index contributed by atoms with van der Waals surface area (Å²) >= 11 is 0. The minimum Gasteiger partial charge on any atom is -0.360 e. The average molecular weight is 286 g/mol. The van der Waals surface area contributed by atoms with Gasteiger partial charge in [0.2, 0.25) is 5.95 Å². The van der Waals surface area contributed by atoms with Crippen molar-refractivity contribution in [3.8, 4) is 0 Å². The molecule has 0 spiro atoms. The molecule has 6 heteroatoms. The summed E-state index contributed by atoms with van der Waals surface area (Å²) in [5.74, 6) is 0.0980. The second-order valence-corrected chi connectivity index (χ2v) is 5.16. The van der Waals surface area contributed by atoms with Crippen molar-refractivity contribution in [1.82, 2.24) is 15.2 Å². The zero-order chi connectivity index (χ0) is 14.5. The first-order valence-corrected chi connectivity index (χ1v) is 7.19. The van der Waals surface area contributed by atoms with Crippen LogP contribution in [0.4, 0.5) is 5.95 Å². The first-order chi connectivity index (χ1) is 10.3. The first-order valence-electron chi connectivity index (χ1n) is 7.19. The monoisotopic (exact) mass is 286 g/mol. The highest BCUT2D eigenvalue weighted by molar-refractivity contribution is 5.93. The Morgan fingerprint density at radius 3 is 2.71 bits per heavy atom. The zero-order valence-corrected chi connectivity index (χ0v) is 11.7. The highest BCUT2D eigenvalue weighted by Gasteiger charge is 2.27. The Morgan fingerprint density at radius 1 is 1.29 bits per heavy atom. The molecule has 0 aliphatic heterocycles. The molecule has 6 nitrogen and oxygen atoms in total. The highest BCUT2D eigenvalue weighted by Crippen LogP contribution is 2.28. The molecule has 3 rings (SSSR count). The average Bonchev–Trinajstić information content (AvgIpc) is 3.19. The first kappa shape index (κ1) is 13.8. The molecule has 1 aromatic carbocycles. The van der Waals surface area contributed by atoms with Crippen molar-refractivity contribution in [2.75, 3.05) is 5.32 Å². The summed E-state index contributed by atoms with van der Waals surface area (Å²) in [7, 11) is 0. The molecule has 2 N–H and O–H groups in total. The van der Waals surface area contributed by atoms with Gasteiger partial charge in [0.05, 0.1) is 6.10 Å². The van der Waals surface area contributed by atoms with Crippen LogP contribution in [0.25, 0.3) is 0 Å². The second kappa shape index (κ2) is 6.49. The van der Waals surface area contributed by atoms with Crippen molar-refractivity contribution in [3.63, 3.8) is 0 Å². The van der Waals surface area contributed by atoms with Gasteiger partial charge in [0, 0.05) is 0 Å². The van der Waals surface area contributed by atoms with Crippen LogP contribution < -0.4 is 5.32 Å². The van der Waals surface area contributed by atoms with E-state index in [0.29, 0.717) is 5.95 Å². The fourth-order valence-corrected chi connectivity index (χ4v) is 2.58. The van der Waals surface area contributed by atoms with Crippen LogP contribution in [0, 0.1) is 0 Å². The molecule has 0 saturated heterocycles. The van der Waals surface area contributed by atoms with Gasteiger partial charge in [-0.1, -0.05) is 43.2 Å². The van der Waals surface area contributed by atoms with Crippen molar-refractivity contribution in [3.05, 3.63) is 42.2 Å². The van der Waals surface area contributed by atoms with Crippen LogP contribution in [0.1, 0.15) is 37.4 Å². The minimum absolute atomic E-state index is 0.149. The number of nitrogens with zero attached hydrogens (tertiary/aromatic N) is 2. The Bertz CT molecular complexity index is 565. The van der Waals surface area contributed by atoms with Crippen molar-refractivity contribution in [2.24, 2.45) is 0 Å². The maximum atomic E-state index is 12.5. The molecule has 1 aromatic heterocycles. The number of hydrogen-bond donors (Lipinski definition) is 2. The van der Waals surface area contributed by atoms with Gasteiger partial charge in [-0.15, -0.1) is 0 Å². The Balaban J connectivity index is 1.75. The smallest absolute Gasteiger partial charge is 0.260 e. The van der Waals surface area contributed by atoms with Crippen LogP contribution in [0.2, 0.25) is 0 Å². The summed E-state index contributed by atoms with van der Waals surface area (Å²) in [6, 6.07) is 9.54. The molecule has 1 saturated carbocycles. The van der Waals surface area contributed by atoms with E-state index in [1.807, 2.05) is 30.3 Å². The van der Waals surface area contributed by atoms with Gasteiger partial charge in [-0.3, -0.25) is 10.1 Å². The number of carbonyl (C=O) groups is 1. The Hall–Kier alpha value is -2.21. The van der Waals surface area contributed by atoms with E-state index in [2.05, 4.69) is 20.5 Å². The zero-order valence-electron chi connectivity index (χ0n) is 11.7. The maximum Gasteiger partial charge on any atom is 0.260 e. The molecule has 2 aromatic rings. The quantitative estimate of drug-likeness (QED) is 0.884. The van der Waals surface area contributed by atoms with E-state index < -0.39 is 6.10 Å². The van der Waals surface area contributed by atoms with Gasteiger partial charge in [-0.05, 0) is 18.4 Å². The lowest BCUT2D eigenvalue weighted by molar-refractivity contribution is -0.131. The summed E-state index contributed by atoms with van der Waals surface area (Å²) in [6.45, 7) is 0. The molecule has 1 heterocycles. The molecule has 0 unspecified atom stereocenters. The van der Waals surface area contributed by atoms with E-state index in [0.717, 1.165) is 31.2 Å². The highest BCUT2D eigenvalue weighted by atomic mass is 16.5. The number of ether oxygens (including phenoxy) is 1. The largest absolute Gasteiger partial charge is 0.360 e. The summed E-state index contributed by atoms with van der Waals surface area (Å²) in [5.41, 5.74) is 0.849. The van der Waals surface area contributed by atoms with Crippen molar-refractivity contribution in [2.45, 2.75) is 37.9 Å². The van der Waals surface area contributed by atoms with Crippen LogP contribution in [-0.4, -0.2) is 27.2 Å². The Morgan fingerprint density at radius 2 is 2.05 bits per heavy atom. The normalized spacial score (nSPS) is 16.8. The number of carbonyl (C=O) groups excluding carboxylic acids is 1. The fraction of sp³-hybridized carbons (Fsp3) is 0.400. The lowest BCUT2D eigenvalue weighted by atomic mass is 10.1. The van der Waals surface area contributed by atoms with E-state index in [1.165, 1.54) is 6.33 Å². The van der Waals surface area contributed by atoms with E-state index >= 15 is 0 Å². The fourth-order valence-electron chi connectivity index (χ4n) is 2.58. The van der Waals surface area contributed by atoms with Crippen LogP contribution in [0.15, 0.2) is 36.7 Å². The number of hydrogen-bond acceptors (Lipinski definition) is 4. The molecule has 1 fully saturated rings. The number of H-pyrrole nitrogens is 1. The van der Waals surface area contributed by atoms with Crippen molar-refractivity contribution < 1.29 is 9.53 Å². The summed E-state index contributed by atoms with van der Waals surface area (Å²) < 4.78 is 6.03. The molecule has 1 atom stereocenters. The predicted octanol–water partition coefficient (Wildman–Crippen LogP) is 2.44. The number of aromatic nitrogens is 3. The number of amides is 1. The molecule has 110 valence electrons. The van der Waals surface area contributed by atoms with Crippen LogP contribution in [0.3, 0.4) is 0 Å². The molecular weight excluding hydrogens is 268 g/mol. The van der Waals surface area contributed by atoms with Crippen LogP contribution in [-0.2, 0) is 9.53 Å². The number of benzene rings is 1. The molecular formula is C15H18N4O2. The Labute approximate surface area is 122 Å². The number of rotatable bonds is 5. The van der Waals surface area contributed by atoms with Gasteiger partial charge in [0.1, 0.15) is 6.33 Å². The van der Waals surface area contributed by atoms with E-state index in [1.54, 1.807) is 0 Å². The number of aromatic amines is 1. The number of anilines is 1. The number of nitrogens with one attached hydrogen (secondary N) is 2. The van der Waals surface area contributed by atoms with E-state index in [4.69, 9.17) is 4.74 Å². The van der Waals surface area contributed by atoms with Gasteiger partial charge in [-0.25, -0.2) is 5.10 Å². The molecule has 1 amide bonds. The predicted molar refractivity (Wildman–Crippen MR) is 77.5 cm³/mol. The van der Waals surface area contributed by atoms with Gasteiger partial charge in [0.15, 0.2) is 6.10 Å². The second-order valence-electron chi connectivity index (χ2n) is 5.16. The van der Waals surface area contributed by atoms with Gasteiger partial charge < -0.3 is 4.74 Å². The summed E-state index contributed by atoms with van der Waals surface area (Å²) in [5, 5.41) is 9.04. The third-order valence-corrected chi connectivity index (χ3v) is 3.63. The lowest BCUT2D eigenvalue weighted by Crippen LogP contribution is -2.27. The minimum atomic E-state index is -0.626. The van der Waals surface area contributed by atoms with Gasteiger partial charge >= 0.3 is 0 Å². The third-order valence-electron chi connectivity index (χ3n) is 3.63. The van der Waals surface area contributed by atoms with Gasteiger partial charge in [0.25, 0.3) is 5.91 Å². The topological polar surface area (TPSA) is 79.9 Å². The molecule has 0 bridgehead atoms. The van der Waals surface area contributed by atoms with Crippen LogP contribution >= 0.6 is 0 Å². The summed E-state index contributed by atoms with van der Waals surface area (Å²) in [6.07, 6.45) is 5.23. The molecule has 0 radical (unpaired) electrons. The Kier molecular flexibility index (Phi) is 4.25. The molecule has 1 aliphatic carbocycles. The maximum absolute atomic E-state index is 12.5. The standard InChI is InChI=1S/C15H18N4O2/c20-14(18-15-16-10-17-19-15)13(11-6-2-1-3-7-11)21-12-8-4-5-9-12/h1-3,6-7,10,12-13H,4-5,8-9H2,(H2,16,17,18,19,20)/t13-/m1/s1. The molecule has 1 aliphatic rings. The van der Waals surface area contributed by atoms with Crippen LogP contribution in [0.5, 0.6) is 0 Å². The lowest BCUT2D eigenvalue weighted by Gasteiger charge is -2.21. The van der Waals surface area contributed by atoms with Crippen molar-refractivity contribution >= 4 is 11.9 Å². The van der Waals surface area contributed by atoms with E-state index in [9.17, 15) is 4.79 Å². The van der Waals surface area contributed by atoms with E-state index in [-0.39, 0.29) is 12.0 Å². The SMILES string of the molecule is O=C(Nc1ncn[nH]1)[C@H](OC1CCCC1)c1ccccc1.